The van der Waals surface area contributed by atoms with Gasteiger partial charge >= 0.3 is 0 Å². The van der Waals surface area contributed by atoms with Crippen LogP contribution in [0.1, 0.15) is 56.0 Å². The summed E-state index contributed by atoms with van der Waals surface area (Å²) in [6, 6.07) is 10.8. The first kappa shape index (κ1) is 19.6. The van der Waals surface area contributed by atoms with E-state index in [-0.39, 0.29) is 11.5 Å². The predicted octanol–water partition coefficient (Wildman–Crippen LogP) is 4.02. The van der Waals surface area contributed by atoms with Gasteiger partial charge in [0.15, 0.2) is 5.65 Å². The first-order valence-corrected chi connectivity index (χ1v) is 11.7. The number of nitrogens with one attached hydrogen (secondary N) is 1. The van der Waals surface area contributed by atoms with Crippen LogP contribution in [0.2, 0.25) is 0 Å². The van der Waals surface area contributed by atoms with Crippen molar-refractivity contribution in [2.75, 3.05) is 13.1 Å². The van der Waals surface area contributed by atoms with Crippen LogP contribution in [-0.2, 0) is 6.54 Å². The summed E-state index contributed by atoms with van der Waals surface area (Å²) < 4.78 is 2.00. The number of aromatic nitrogens is 5. The number of benzene rings is 1. The lowest BCUT2D eigenvalue weighted by Crippen LogP contribution is -2.22. The average molecular weight is 429 g/mol. The third-order valence-corrected chi connectivity index (χ3v) is 7.30. The smallest absolute Gasteiger partial charge is 0.262 e. The maximum absolute atomic E-state index is 12.8. The van der Waals surface area contributed by atoms with Crippen LogP contribution < -0.4 is 5.56 Å². The van der Waals surface area contributed by atoms with Gasteiger partial charge < -0.3 is 4.98 Å². The SMILES string of the molecule is C[C@@H]1CN(Cc2cccc3cccnc23)C[C@H]1c1nc2c(cnn2C2CCCC2)c(=O)[nH]1. The van der Waals surface area contributed by atoms with E-state index in [0.29, 0.717) is 17.3 Å². The molecule has 164 valence electrons. The maximum Gasteiger partial charge on any atom is 0.262 e. The fourth-order valence-corrected chi connectivity index (χ4v) is 5.63. The Labute approximate surface area is 186 Å². The number of hydrogen-bond donors (Lipinski definition) is 1. The van der Waals surface area contributed by atoms with E-state index in [2.05, 4.69) is 51.2 Å². The molecule has 6 rings (SSSR count). The number of H-pyrrole nitrogens is 1. The minimum Gasteiger partial charge on any atom is -0.310 e. The number of likely N-dealkylation sites (tertiary alicyclic amines) is 1. The van der Waals surface area contributed by atoms with Gasteiger partial charge in [-0.25, -0.2) is 9.67 Å². The molecule has 7 nitrogen and oxygen atoms in total. The highest BCUT2D eigenvalue weighted by atomic mass is 16.1. The van der Waals surface area contributed by atoms with Crippen LogP contribution in [0.5, 0.6) is 0 Å². The van der Waals surface area contributed by atoms with Gasteiger partial charge in [0.05, 0.1) is 17.8 Å². The first-order valence-electron chi connectivity index (χ1n) is 11.7. The van der Waals surface area contributed by atoms with Crippen molar-refractivity contribution in [3.63, 3.8) is 0 Å². The summed E-state index contributed by atoms with van der Waals surface area (Å²) >= 11 is 0. The molecule has 0 unspecified atom stereocenters. The van der Waals surface area contributed by atoms with E-state index in [9.17, 15) is 4.79 Å². The molecule has 7 heteroatoms. The molecule has 2 fully saturated rings. The highest BCUT2D eigenvalue weighted by Gasteiger charge is 2.33. The number of nitrogens with zero attached hydrogens (tertiary/aromatic N) is 5. The van der Waals surface area contributed by atoms with Gasteiger partial charge in [-0.3, -0.25) is 14.7 Å². The van der Waals surface area contributed by atoms with E-state index < -0.39 is 0 Å². The molecule has 2 atom stereocenters. The maximum atomic E-state index is 12.8. The normalized spacial score (nSPS) is 22.4. The Bertz CT molecular complexity index is 1330. The molecule has 2 aliphatic rings. The third kappa shape index (κ3) is 3.32. The molecule has 1 aromatic carbocycles. The average Bonchev–Trinajstić information content (AvgIpc) is 3.54. The standard InChI is InChI=1S/C25H28N6O/c1-16-13-30(14-18-7-4-6-17-8-5-11-26-22(17)18)15-21(16)23-28-24-20(25(32)29-23)12-27-31(24)19-9-2-3-10-19/h4-8,11-12,16,19,21H,2-3,9-10,13-15H2,1H3,(H,28,29,32)/t16-,21-/m1/s1. The molecule has 32 heavy (non-hydrogen) atoms. The molecule has 4 aromatic rings. The van der Waals surface area contributed by atoms with Gasteiger partial charge in [0, 0.05) is 37.1 Å². The van der Waals surface area contributed by atoms with Crippen molar-refractivity contribution in [2.24, 2.45) is 5.92 Å². The fourth-order valence-electron chi connectivity index (χ4n) is 5.63. The summed E-state index contributed by atoms with van der Waals surface area (Å²) in [4.78, 5) is 28.0. The number of para-hydroxylation sites is 1. The summed E-state index contributed by atoms with van der Waals surface area (Å²) in [6.45, 7) is 4.94. The number of hydrogen-bond acceptors (Lipinski definition) is 5. The topological polar surface area (TPSA) is 79.7 Å². The van der Waals surface area contributed by atoms with E-state index in [1.54, 1.807) is 6.20 Å². The lowest BCUT2D eigenvalue weighted by Gasteiger charge is -2.17. The molecule has 1 aliphatic carbocycles. The minimum atomic E-state index is -0.0712. The molecule has 1 N–H and O–H groups in total. The van der Waals surface area contributed by atoms with Crippen molar-refractivity contribution in [2.45, 2.75) is 51.1 Å². The Kier molecular flexibility index (Phi) is 4.79. The zero-order valence-electron chi connectivity index (χ0n) is 18.4. The second-order valence-electron chi connectivity index (χ2n) is 9.49. The zero-order valence-corrected chi connectivity index (χ0v) is 18.4. The van der Waals surface area contributed by atoms with E-state index in [4.69, 9.17) is 4.98 Å². The van der Waals surface area contributed by atoms with E-state index in [1.807, 2.05) is 16.9 Å². The van der Waals surface area contributed by atoms with Crippen molar-refractivity contribution in [3.8, 4) is 0 Å². The quantitative estimate of drug-likeness (QED) is 0.531. The molecule has 0 bridgehead atoms. The summed E-state index contributed by atoms with van der Waals surface area (Å²) in [5, 5.41) is 6.31. The largest absolute Gasteiger partial charge is 0.310 e. The fraction of sp³-hybridized carbons (Fsp3) is 0.440. The van der Waals surface area contributed by atoms with Crippen molar-refractivity contribution < 1.29 is 0 Å². The van der Waals surface area contributed by atoms with Crippen molar-refractivity contribution >= 4 is 21.9 Å². The second-order valence-corrected chi connectivity index (χ2v) is 9.49. The molecule has 3 aromatic heterocycles. The number of fused-ring (bicyclic) bond motifs is 2. The highest BCUT2D eigenvalue weighted by molar-refractivity contribution is 5.81. The second kappa shape index (κ2) is 7.81. The van der Waals surface area contributed by atoms with Gasteiger partial charge in [-0.2, -0.15) is 5.10 Å². The first-order chi connectivity index (χ1) is 15.7. The Hall–Kier alpha value is -3.06. The van der Waals surface area contributed by atoms with Gasteiger partial charge in [-0.1, -0.05) is 44.0 Å². The monoisotopic (exact) mass is 428 g/mol. The van der Waals surface area contributed by atoms with Gasteiger partial charge in [-0.15, -0.1) is 0 Å². The molecule has 0 radical (unpaired) electrons. The van der Waals surface area contributed by atoms with E-state index >= 15 is 0 Å². The molecule has 1 saturated carbocycles. The Balaban J connectivity index is 1.29. The van der Waals surface area contributed by atoms with Crippen LogP contribution in [-0.4, -0.2) is 42.7 Å². The summed E-state index contributed by atoms with van der Waals surface area (Å²) in [6.07, 6.45) is 8.22. The Morgan fingerprint density at radius 3 is 2.84 bits per heavy atom. The van der Waals surface area contributed by atoms with E-state index in [1.165, 1.54) is 23.8 Å². The molecule has 0 amide bonds. The molecule has 1 aliphatic heterocycles. The molecular weight excluding hydrogens is 400 g/mol. The van der Waals surface area contributed by atoms with Gasteiger partial charge in [0.2, 0.25) is 0 Å². The minimum absolute atomic E-state index is 0.0712. The molecular formula is C25H28N6O. The number of pyridine rings is 1. The van der Waals surface area contributed by atoms with Gasteiger partial charge in [-0.05, 0) is 30.4 Å². The highest BCUT2D eigenvalue weighted by Crippen LogP contribution is 2.34. The molecule has 0 spiro atoms. The summed E-state index contributed by atoms with van der Waals surface area (Å²) in [5.41, 5.74) is 2.99. The number of rotatable bonds is 4. The predicted molar refractivity (Wildman–Crippen MR) is 125 cm³/mol. The van der Waals surface area contributed by atoms with Crippen LogP contribution in [0.4, 0.5) is 0 Å². The van der Waals surface area contributed by atoms with Crippen molar-refractivity contribution in [3.05, 3.63) is 64.5 Å². The van der Waals surface area contributed by atoms with E-state index in [0.717, 1.165) is 49.5 Å². The van der Waals surface area contributed by atoms with Crippen LogP contribution in [0.3, 0.4) is 0 Å². The third-order valence-electron chi connectivity index (χ3n) is 7.30. The lowest BCUT2D eigenvalue weighted by molar-refractivity contribution is 0.319. The van der Waals surface area contributed by atoms with Crippen molar-refractivity contribution in [1.82, 2.24) is 29.6 Å². The van der Waals surface area contributed by atoms with Crippen molar-refractivity contribution in [1.29, 1.82) is 0 Å². The van der Waals surface area contributed by atoms with Crippen LogP contribution in [0.15, 0.2) is 47.5 Å². The van der Waals surface area contributed by atoms with Crippen LogP contribution in [0, 0.1) is 5.92 Å². The molecule has 4 heterocycles. The molecule has 1 saturated heterocycles. The zero-order chi connectivity index (χ0) is 21.7. The van der Waals surface area contributed by atoms with Crippen LogP contribution in [0.25, 0.3) is 21.9 Å². The van der Waals surface area contributed by atoms with Gasteiger partial charge in [0.1, 0.15) is 11.2 Å². The summed E-state index contributed by atoms with van der Waals surface area (Å²) in [7, 11) is 0. The van der Waals surface area contributed by atoms with Gasteiger partial charge in [0.25, 0.3) is 5.56 Å². The lowest BCUT2D eigenvalue weighted by atomic mass is 9.97. The van der Waals surface area contributed by atoms with Crippen LogP contribution >= 0.6 is 0 Å². The Morgan fingerprint density at radius 2 is 1.97 bits per heavy atom. The summed E-state index contributed by atoms with van der Waals surface area (Å²) in [5.74, 6) is 1.40. The number of aromatic amines is 1. The Morgan fingerprint density at radius 1 is 1.12 bits per heavy atom.